The molecule has 0 bridgehead atoms. The summed E-state index contributed by atoms with van der Waals surface area (Å²) in [5.74, 6) is 2.69. The third-order valence-electron chi connectivity index (χ3n) is 8.46. The van der Waals surface area contributed by atoms with Gasteiger partial charge in [-0.15, -0.1) is 0 Å². The molecule has 4 aromatic rings. The molecule has 222 valence electrons. The Kier molecular flexibility index (Phi) is 6.05. The molecule has 1 aromatic heterocycles. The van der Waals surface area contributed by atoms with Gasteiger partial charge in [-0.3, -0.25) is 4.90 Å². The molecule has 0 spiro atoms. The number of hydrogen-bond acceptors (Lipinski definition) is 5. The number of hydrogen-bond donors (Lipinski definition) is 0. The standard InChI is InChI=1S/C38H43N3O2/c1-24(2)25-18-26(35-40-37(6,7)23-42-35)20-29(19-25)43-28-14-15-31-33(22-28)41(32-13-11-10-12-30(32)38(31,8)9)34-21-27(16-17-39-34)36(3,4)5/h10-22,24H,23H2,1-9H3/i6D3/t37-/m0/s1. The van der Waals surface area contributed by atoms with Gasteiger partial charge in [0.1, 0.15) is 23.9 Å². The fourth-order valence-corrected chi connectivity index (χ4v) is 5.93. The van der Waals surface area contributed by atoms with Crippen LogP contribution in [0.3, 0.4) is 0 Å². The van der Waals surface area contributed by atoms with Gasteiger partial charge in [0.05, 0.1) is 16.9 Å². The van der Waals surface area contributed by atoms with E-state index in [0.29, 0.717) is 23.0 Å². The van der Waals surface area contributed by atoms with Crippen LogP contribution in [-0.2, 0) is 15.6 Å². The minimum Gasteiger partial charge on any atom is -0.475 e. The SMILES string of the molecule is [2H]C([2H])([2H])[C@]1(C)COC(c2cc(Oc3ccc4c(c3)N(c3cc(C(C)(C)C)ccn3)c3ccccc3C4(C)C)cc(C(C)C)c2)=N1. The zero-order valence-corrected chi connectivity index (χ0v) is 26.4. The van der Waals surface area contributed by atoms with Crippen LogP contribution in [-0.4, -0.2) is 23.0 Å². The predicted molar refractivity (Wildman–Crippen MR) is 177 cm³/mol. The summed E-state index contributed by atoms with van der Waals surface area (Å²) in [5, 5.41) is 0. The van der Waals surface area contributed by atoms with Crippen LogP contribution in [0.1, 0.15) is 100 Å². The van der Waals surface area contributed by atoms with Crippen molar-refractivity contribution in [2.45, 2.75) is 84.5 Å². The Morgan fingerprint density at radius 1 is 0.907 bits per heavy atom. The molecule has 5 nitrogen and oxygen atoms in total. The number of aromatic nitrogens is 1. The van der Waals surface area contributed by atoms with Crippen LogP contribution in [0.15, 0.2) is 84.0 Å². The second-order valence-electron chi connectivity index (χ2n) is 13.8. The van der Waals surface area contributed by atoms with E-state index in [-0.39, 0.29) is 23.4 Å². The maximum Gasteiger partial charge on any atom is 0.216 e. The molecule has 0 N–H and O–H groups in total. The van der Waals surface area contributed by atoms with E-state index in [1.165, 1.54) is 16.7 Å². The molecule has 43 heavy (non-hydrogen) atoms. The highest BCUT2D eigenvalue weighted by molar-refractivity contribution is 5.96. The topological polar surface area (TPSA) is 47.0 Å². The lowest BCUT2D eigenvalue weighted by molar-refractivity contribution is 0.279. The lowest BCUT2D eigenvalue weighted by atomic mass is 9.73. The molecule has 2 aliphatic heterocycles. The Hall–Kier alpha value is -4.12. The molecule has 0 unspecified atom stereocenters. The second kappa shape index (κ2) is 10.3. The highest BCUT2D eigenvalue weighted by Crippen LogP contribution is 2.52. The number of para-hydroxylation sites is 1. The fraction of sp³-hybridized carbons (Fsp3) is 0.368. The fourth-order valence-electron chi connectivity index (χ4n) is 5.93. The van der Waals surface area contributed by atoms with Gasteiger partial charge in [-0.2, -0.15) is 0 Å². The van der Waals surface area contributed by atoms with Gasteiger partial charge in [-0.25, -0.2) is 9.98 Å². The Morgan fingerprint density at radius 2 is 1.67 bits per heavy atom. The van der Waals surface area contributed by atoms with Crippen molar-refractivity contribution in [3.8, 4) is 11.5 Å². The van der Waals surface area contributed by atoms with Crippen molar-refractivity contribution in [3.63, 3.8) is 0 Å². The molecule has 1 atom stereocenters. The second-order valence-corrected chi connectivity index (χ2v) is 13.8. The Labute approximate surface area is 260 Å². The number of fused-ring (bicyclic) bond motifs is 2. The van der Waals surface area contributed by atoms with Gasteiger partial charge in [-0.1, -0.05) is 72.7 Å². The maximum absolute atomic E-state index is 7.96. The van der Waals surface area contributed by atoms with E-state index in [1.54, 1.807) is 6.92 Å². The molecule has 3 heterocycles. The summed E-state index contributed by atoms with van der Waals surface area (Å²) in [7, 11) is 0. The van der Waals surface area contributed by atoms with Crippen LogP contribution < -0.4 is 9.64 Å². The number of pyridine rings is 1. The molecule has 2 aliphatic rings. The molecule has 5 heteroatoms. The first-order valence-corrected chi connectivity index (χ1v) is 15.0. The van der Waals surface area contributed by atoms with Crippen LogP contribution in [0.5, 0.6) is 11.5 Å². The minimum atomic E-state index is -2.27. The number of aliphatic imine (C=N–C) groups is 1. The number of rotatable bonds is 5. The largest absolute Gasteiger partial charge is 0.475 e. The summed E-state index contributed by atoms with van der Waals surface area (Å²) in [4.78, 5) is 11.6. The van der Waals surface area contributed by atoms with Gasteiger partial charge in [0.25, 0.3) is 0 Å². The van der Waals surface area contributed by atoms with Crippen molar-refractivity contribution >= 4 is 23.1 Å². The smallest absolute Gasteiger partial charge is 0.216 e. The normalized spacial score (nSPS) is 20.3. The monoisotopic (exact) mass is 576 g/mol. The summed E-state index contributed by atoms with van der Waals surface area (Å²) in [6, 6.07) is 25.0. The van der Waals surface area contributed by atoms with Crippen molar-refractivity contribution in [1.82, 2.24) is 4.98 Å². The van der Waals surface area contributed by atoms with Crippen molar-refractivity contribution in [1.29, 1.82) is 0 Å². The van der Waals surface area contributed by atoms with Crippen LogP contribution in [0, 0.1) is 0 Å². The van der Waals surface area contributed by atoms with Gasteiger partial charge >= 0.3 is 0 Å². The molecule has 0 fully saturated rings. The first-order chi connectivity index (χ1) is 21.5. The van der Waals surface area contributed by atoms with Crippen molar-refractivity contribution in [2.75, 3.05) is 11.5 Å². The molecule has 3 aromatic carbocycles. The van der Waals surface area contributed by atoms with E-state index in [9.17, 15) is 0 Å². The van der Waals surface area contributed by atoms with Crippen molar-refractivity contribution in [2.24, 2.45) is 4.99 Å². The van der Waals surface area contributed by atoms with Crippen LogP contribution in [0.25, 0.3) is 0 Å². The van der Waals surface area contributed by atoms with E-state index >= 15 is 0 Å². The van der Waals surface area contributed by atoms with Gasteiger partial charge < -0.3 is 9.47 Å². The maximum atomic E-state index is 7.96. The quantitative estimate of drug-likeness (QED) is 0.237. The average molecular weight is 577 g/mol. The molecular formula is C38H43N3O2. The molecule has 0 aliphatic carbocycles. The Morgan fingerprint density at radius 3 is 2.40 bits per heavy atom. The van der Waals surface area contributed by atoms with Crippen molar-refractivity contribution in [3.05, 3.63) is 107 Å². The number of ether oxygens (including phenoxy) is 2. The van der Waals surface area contributed by atoms with Gasteiger partial charge in [0.15, 0.2) is 0 Å². The summed E-state index contributed by atoms with van der Waals surface area (Å²) in [6.07, 6.45) is 1.89. The van der Waals surface area contributed by atoms with Crippen LogP contribution >= 0.6 is 0 Å². The van der Waals surface area contributed by atoms with Gasteiger partial charge in [0, 0.05) is 27.4 Å². The molecule has 0 radical (unpaired) electrons. The first kappa shape index (κ1) is 25.4. The molecular weight excluding hydrogens is 530 g/mol. The molecule has 0 saturated carbocycles. The van der Waals surface area contributed by atoms with E-state index in [0.717, 1.165) is 22.8 Å². The molecule has 6 rings (SSSR count). The summed E-state index contributed by atoms with van der Waals surface area (Å²) < 4.78 is 36.4. The van der Waals surface area contributed by atoms with E-state index < -0.39 is 12.4 Å². The minimum absolute atomic E-state index is 0.00327. The average Bonchev–Trinajstić information content (AvgIpc) is 3.40. The summed E-state index contributed by atoms with van der Waals surface area (Å²) in [6.45, 7) is 14.7. The predicted octanol–water partition coefficient (Wildman–Crippen LogP) is 9.96. The number of benzene rings is 3. The highest BCUT2D eigenvalue weighted by atomic mass is 16.5. The lowest BCUT2D eigenvalue weighted by Gasteiger charge is -2.41. The van der Waals surface area contributed by atoms with Crippen LogP contribution in [0.2, 0.25) is 0 Å². The van der Waals surface area contributed by atoms with E-state index in [2.05, 4.69) is 107 Å². The van der Waals surface area contributed by atoms with Gasteiger partial charge in [0.2, 0.25) is 5.90 Å². The van der Waals surface area contributed by atoms with E-state index in [4.69, 9.17) is 18.6 Å². The molecule has 0 amide bonds. The third kappa shape index (κ3) is 5.42. The summed E-state index contributed by atoms with van der Waals surface area (Å²) in [5.41, 5.74) is 5.88. The third-order valence-corrected chi connectivity index (χ3v) is 8.46. The van der Waals surface area contributed by atoms with Crippen molar-refractivity contribution < 1.29 is 13.6 Å². The lowest BCUT2D eigenvalue weighted by Crippen LogP contribution is -2.31. The highest BCUT2D eigenvalue weighted by Gasteiger charge is 2.37. The van der Waals surface area contributed by atoms with Gasteiger partial charge in [-0.05, 0) is 89.8 Å². The zero-order valence-electron chi connectivity index (χ0n) is 29.4. The Bertz CT molecular complexity index is 1840. The number of nitrogens with zero attached hydrogens (tertiary/aromatic N) is 3. The van der Waals surface area contributed by atoms with E-state index in [1.807, 2.05) is 30.5 Å². The molecule has 0 saturated heterocycles. The summed E-state index contributed by atoms with van der Waals surface area (Å²) >= 11 is 0. The zero-order chi connectivity index (χ0) is 33.2. The number of anilines is 3. The van der Waals surface area contributed by atoms with Crippen LogP contribution in [0.4, 0.5) is 17.2 Å². The first-order valence-electron chi connectivity index (χ1n) is 16.5. The Balaban J connectivity index is 1.45.